The Morgan fingerprint density at radius 3 is 2.11 bits per heavy atom. The molecule has 4 nitrogen and oxygen atoms in total. The molecule has 1 heterocycles. The van der Waals surface area contributed by atoms with Crippen LogP contribution >= 0.6 is 0 Å². The number of carbonyl (C=O) groups excluding carboxylic acids is 2. The third-order valence-corrected chi connectivity index (χ3v) is 8.20. The van der Waals surface area contributed by atoms with Crippen LogP contribution in [0.25, 0.3) is 0 Å². The first-order valence-electron chi connectivity index (χ1n) is 11.6. The molecule has 4 rings (SSSR count). The summed E-state index contributed by atoms with van der Waals surface area (Å²) >= 11 is 0. The predicted molar refractivity (Wildman–Crippen MR) is 107 cm³/mol. The lowest BCUT2D eigenvalue weighted by molar-refractivity contribution is -0.145. The number of piperazine rings is 1. The fourth-order valence-corrected chi connectivity index (χ4v) is 5.84. The minimum absolute atomic E-state index is 0.110. The van der Waals surface area contributed by atoms with Gasteiger partial charge in [-0.25, -0.2) is 4.39 Å². The average Bonchev–Trinajstić information content (AvgIpc) is 3.47. The van der Waals surface area contributed by atoms with Crippen molar-refractivity contribution < 1.29 is 14.0 Å². The lowest BCUT2D eigenvalue weighted by Crippen LogP contribution is -2.53. The van der Waals surface area contributed by atoms with Crippen molar-refractivity contribution >= 4 is 11.8 Å². The number of halogens is 1. The molecule has 0 aromatic heterocycles. The van der Waals surface area contributed by atoms with Crippen LogP contribution in [0.3, 0.4) is 0 Å². The molecule has 1 saturated heterocycles. The van der Waals surface area contributed by atoms with Gasteiger partial charge >= 0.3 is 0 Å². The van der Waals surface area contributed by atoms with Crippen molar-refractivity contribution in [3.8, 4) is 0 Å². The Bertz CT molecular complexity index is 589. The zero-order valence-electron chi connectivity index (χ0n) is 17.7. The smallest absolute Gasteiger partial charge is 0.228 e. The maximum Gasteiger partial charge on any atom is 0.228 e. The molecular weight excluding hydrogens is 355 g/mol. The standard InChI is InChI=1S/C23H37FN2O2/c1-16-3-8-20(24)19(15-16)17-4-6-18(7-5-17)21(27)25-11-13-26(14-12-25)22(28)23(2)9-10-23/h16-20H,3-15H2,1-2H3. The first-order chi connectivity index (χ1) is 13.4. The number of hydrogen-bond acceptors (Lipinski definition) is 2. The van der Waals surface area contributed by atoms with Crippen molar-refractivity contribution in [1.82, 2.24) is 9.80 Å². The molecule has 5 heteroatoms. The molecule has 3 atom stereocenters. The maximum absolute atomic E-state index is 14.4. The molecule has 28 heavy (non-hydrogen) atoms. The van der Waals surface area contributed by atoms with Crippen molar-refractivity contribution in [2.75, 3.05) is 26.2 Å². The van der Waals surface area contributed by atoms with Crippen molar-refractivity contribution in [1.29, 1.82) is 0 Å². The van der Waals surface area contributed by atoms with E-state index in [4.69, 9.17) is 0 Å². The Hall–Kier alpha value is -1.13. The molecule has 0 N–H and O–H groups in total. The van der Waals surface area contributed by atoms with Gasteiger partial charge in [-0.2, -0.15) is 0 Å². The van der Waals surface area contributed by atoms with Crippen LogP contribution in [0.2, 0.25) is 0 Å². The molecule has 0 spiro atoms. The average molecular weight is 393 g/mol. The van der Waals surface area contributed by atoms with Crippen LogP contribution < -0.4 is 0 Å². The van der Waals surface area contributed by atoms with Gasteiger partial charge in [0.25, 0.3) is 0 Å². The zero-order valence-corrected chi connectivity index (χ0v) is 17.7. The van der Waals surface area contributed by atoms with E-state index < -0.39 is 6.17 Å². The summed E-state index contributed by atoms with van der Waals surface area (Å²) in [6, 6.07) is 0. The second kappa shape index (κ2) is 7.95. The summed E-state index contributed by atoms with van der Waals surface area (Å²) in [6.45, 7) is 7.01. The summed E-state index contributed by atoms with van der Waals surface area (Å²) in [5.74, 6) is 2.00. The number of rotatable bonds is 3. The first kappa shape index (κ1) is 20.2. The Morgan fingerprint density at radius 2 is 1.50 bits per heavy atom. The van der Waals surface area contributed by atoms with Crippen LogP contribution in [0.4, 0.5) is 4.39 Å². The Labute approximate surface area is 169 Å². The highest BCUT2D eigenvalue weighted by atomic mass is 19.1. The highest BCUT2D eigenvalue weighted by Crippen LogP contribution is 2.47. The summed E-state index contributed by atoms with van der Waals surface area (Å²) in [4.78, 5) is 29.4. The van der Waals surface area contributed by atoms with Gasteiger partial charge in [0.1, 0.15) is 6.17 Å². The summed E-state index contributed by atoms with van der Waals surface area (Å²) in [6.07, 6.45) is 8.01. The van der Waals surface area contributed by atoms with Crippen molar-refractivity contribution in [2.45, 2.75) is 77.8 Å². The highest BCUT2D eigenvalue weighted by Gasteiger charge is 2.47. The van der Waals surface area contributed by atoms with Crippen LogP contribution in [0.15, 0.2) is 0 Å². The fourth-order valence-electron chi connectivity index (χ4n) is 5.84. The van der Waals surface area contributed by atoms with Gasteiger partial charge in [0.05, 0.1) is 0 Å². The second-order valence-corrected chi connectivity index (χ2v) is 10.4. The normalized spacial score (nSPS) is 38.2. The Balaban J connectivity index is 1.24. The lowest BCUT2D eigenvalue weighted by Gasteiger charge is -2.41. The molecule has 0 aromatic rings. The number of nitrogens with zero attached hydrogens (tertiary/aromatic N) is 2. The van der Waals surface area contributed by atoms with Crippen LogP contribution in [0.1, 0.15) is 71.6 Å². The van der Waals surface area contributed by atoms with Gasteiger partial charge in [0, 0.05) is 37.5 Å². The number of hydrogen-bond donors (Lipinski definition) is 0. The number of carbonyl (C=O) groups is 2. The molecule has 1 aliphatic heterocycles. The summed E-state index contributed by atoms with van der Waals surface area (Å²) in [5.41, 5.74) is -0.116. The van der Waals surface area contributed by atoms with E-state index in [1.807, 2.05) is 9.80 Å². The molecule has 0 bridgehead atoms. The van der Waals surface area contributed by atoms with Crippen molar-refractivity contribution in [3.63, 3.8) is 0 Å². The molecule has 4 aliphatic rings. The number of amides is 2. The maximum atomic E-state index is 14.4. The summed E-state index contributed by atoms with van der Waals surface area (Å²) in [7, 11) is 0. The molecule has 3 unspecified atom stereocenters. The van der Waals surface area contributed by atoms with Crippen LogP contribution in [-0.2, 0) is 9.59 Å². The van der Waals surface area contributed by atoms with Gasteiger partial charge in [-0.15, -0.1) is 0 Å². The molecule has 0 aromatic carbocycles. The molecule has 3 saturated carbocycles. The van der Waals surface area contributed by atoms with Gasteiger partial charge in [0.15, 0.2) is 0 Å². The summed E-state index contributed by atoms with van der Waals surface area (Å²) in [5, 5.41) is 0. The Morgan fingerprint density at radius 1 is 0.893 bits per heavy atom. The van der Waals surface area contributed by atoms with Crippen LogP contribution in [-0.4, -0.2) is 54.0 Å². The molecule has 0 radical (unpaired) electrons. The van der Waals surface area contributed by atoms with E-state index >= 15 is 0 Å². The molecule has 4 fully saturated rings. The van der Waals surface area contributed by atoms with Gasteiger partial charge < -0.3 is 9.80 Å². The van der Waals surface area contributed by atoms with Gasteiger partial charge in [0.2, 0.25) is 11.8 Å². The van der Waals surface area contributed by atoms with E-state index in [-0.39, 0.29) is 29.1 Å². The van der Waals surface area contributed by atoms with E-state index in [0.29, 0.717) is 38.0 Å². The lowest BCUT2D eigenvalue weighted by atomic mass is 9.68. The first-order valence-corrected chi connectivity index (χ1v) is 11.6. The quantitative estimate of drug-likeness (QED) is 0.727. The third-order valence-electron chi connectivity index (χ3n) is 8.20. The van der Waals surface area contributed by atoms with E-state index in [1.54, 1.807) is 0 Å². The number of alkyl halides is 1. The van der Waals surface area contributed by atoms with Crippen molar-refractivity contribution in [2.24, 2.45) is 29.1 Å². The van der Waals surface area contributed by atoms with Gasteiger partial charge in [-0.05, 0) is 75.5 Å². The van der Waals surface area contributed by atoms with Gasteiger partial charge in [-0.1, -0.05) is 13.8 Å². The predicted octanol–water partition coefficient (Wildman–Crippen LogP) is 4.04. The SMILES string of the molecule is CC1CCC(F)C(C2CCC(C(=O)N3CCN(C(=O)C4(C)CC4)CC3)CC2)C1. The van der Waals surface area contributed by atoms with E-state index in [2.05, 4.69) is 13.8 Å². The molecule has 158 valence electrons. The van der Waals surface area contributed by atoms with Crippen LogP contribution in [0.5, 0.6) is 0 Å². The van der Waals surface area contributed by atoms with E-state index in [9.17, 15) is 14.0 Å². The topological polar surface area (TPSA) is 40.6 Å². The monoisotopic (exact) mass is 392 g/mol. The van der Waals surface area contributed by atoms with Crippen LogP contribution in [0, 0.1) is 29.1 Å². The van der Waals surface area contributed by atoms with Gasteiger partial charge in [-0.3, -0.25) is 9.59 Å². The third kappa shape index (κ3) is 4.09. The minimum atomic E-state index is -0.632. The molecular formula is C23H37FN2O2. The van der Waals surface area contributed by atoms with E-state index in [1.165, 1.54) is 0 Å². The second-order valence-electron chi connectivity index (χ2n) is 10.4. The van der Waals surface area contributed by atoms with Crippen molar-refractivity contribution in [3.05, 3.63) is 0 Å². The van der Waals surface area contributed by atoms with E-state index in [0.717, 1.165) is 57.8 Å². The highest BCUT2D eigenvalue weighted by molar-refractivity contribution is 5.85. The zero-order chi connectivity index (χ0) is 19.9. The minimum Gasteiger partial charge on any atom is -0.339 e. The molecule has 3 aliphatic carbocycles. The largest absolute Gasteiger partial charge is 0.339 e. The fraction of sp³-hybridized carbons (Fsp3) is 0.913. The Kier molecular flexibility index (Phi) is 5.72. The molecule has 2 amide bonds. The summed E-state index contributed by atoms with van der Waals surface area (Å²) < 4.78 is 14.4.